The van der Waals surface area contributed by atoms with E-state index in [1.54, 1.807) is 12.1 Å². The smallest absolute Gasteiger partial charge is 0.227 e. The van der Waals surface area contributed by atoms with Gasteiger partial charge >= 0.3 is 0 Å². The van der Waals surface area contributed by atoms with Crippen molar-refractivity contribution in [2.75, 3.05) is 17.2 Å². The van der Waals surface area contributed by atoms with Gasteiger partial charge in [-0.15, -0.1) is 0 Å². The topological polar surface area (TPSA) is 40.5 Å². The first-order valence-corrected chi connectivity index (χ1v) is 6.95. The molecule has 0 bridgehead atoms. The van der Waals surface area contributed by atoms with Gasteiger partial charge < -0.3 is 10.0 Å². The number of carbonyl (C=O) groups is 1. The predicted octanol–water partition coefficient (Wildman–Crippen LogP) is 2.83. The van der Waals surface area contributed by atoms with E-state index < -0.39 is 0 Å². The summed E-state index contributed by atoms with van der Waals surface area (Å²) in [5.41, 5.74) is 0.877. The first-order chi connectivity index (χ1) is 9.19. The van der Waals surface area contributed by atoms with Crippen molar-refractivity contribution in [2.45, 2.75) is 6.42 Å². The van der Waals surface area contributed by atoms with Gasteiger partial charge in [0, 0.05) is 18.4 Å². The summed E-state index contributed by atoms with van der Waals surface area (Å²) in [5, 5.41) is 11.6. The highest BCUT2D eigenvalue weighted by molar-refractivity contribution is 7.80. The molecule has 1 N–H and O–H groups in total. The quantitative estimate of drug-likeness (QED) is 0.826. The summed E-state index contributed by atoms with van der Waals surface area (Å²) in [7, 11) is 0. The minimum atomic E-state index is 0.134. The largest absolute Gasteiger partial charge is 0.508 e. The number of hydrogen-bond acceptors (Lipinski definition) is 3. The lowest BCUT2D eigenvalue weighted by Gasteiger charge is -2.19. The fourth-order valence-electron chi connectivity index (χ4n) is 2.62. The SMILES string of the molecule is O=C1CC(CS)CN1c1cccc2ccc(O)cc12. The fourth-order valence-corrected chi connectivity index (χ4v) is 2.86. The molecule has 0 radical (unpaired) electrons. The Bertz CT molecular complexity index is 641. The molecule has 0 aliphatic carbocycles. The minimum Gasteiger partial charge on any atom is -0.508 e. The molecule has 3 nitrogen and oxygen atoms in total. The Hall–Kier alpha value is -1.68. The van der Waals surface area contributed by atoms with E-state index in [2.05, 4.69) is 12.6 Å². The van der Waals surface area contributed by atoms with E-state index in [4.69, 9.17) is 0 Å². The van der Waals surface area contributed by atoms with Crippen molar-refractivity contribution in [3.05, 3.63) is 36.4 Å². The van der Waals surface area contributed by atoms with Crippen LogP contribution in [0.1, 0.15) is 6.42 Å². The van der Waals surface area contributed by atoms with Gasteiger partial charge in [-0.1, -0.05) is 18.2 Å². The van der Waals surface area contributed by atoms with Crippen LogP contribution in [0.2, 0.25) is 0 Å². The molecule has 1 atom stereocenters. The molecular weight excluding hydrogens is 258 g/mol. The second-order valence-electron chi connectivity index (χ2n) is 4.94. The first kappa shape index (κ1) is 12.4. The van der Waals surface area contributed by atoms with E-state index in [0.29, 0.717) is 18.9 Å². The van der Waals surface area contributed by atoms with Crippen molar-refractivity contribution in [2.24, 2.45) is 5.92 Å². The van der Waals surface area contributed by atoms with E-state index >= 15 is 0 Å². The highest BCUT2D eigenvalue weighted by Crippen LogP contribution is 2.33. The molecule has 1 aliphatic heterocycles. The van der Waals surface area contributed by atoms with E-state index in [-0.39, 0.29) is 11.7 Å². The molecule has 1 heterocycles. The summed E-state index contributed by atoms with van der Waals surface area (Å²) >= 11 is 4.28. The number of phenols is 1. The molecule has 1 unspecified atom stereocenters. The number of carbonyl (C=O) groups excluding carboxylic acids is 1. The van der Waals surface area contributed by atoms with Gasteiger partial charge in [0.1, 0.15) is 5.75 Å². The summed E-state index contributed by atoms with van der Waals surface area (Å²) in [6, 6.07) is 11.1. The lowest BCUT2D eigenvalue weighted by Crippen LogP contribution is -2.24. The van der Waals surface area contributed by atoms with E-state index in [9.17, 15) is 9.90 Å². The summed E-state index contributed by atoms with van der Waals surface area (Å²) in [5.74, 6) is 1.38. The zero-order valence-electron chi connectivity index (χ0n) is 10.4. The van der Waals surface area contributed by atoms with Crippen LogP contribution in [0.25, 0.3) is 10.8 Å². The fraction of sp³-hybridized carbons (Fsp3) is 0.267. The van der Waals surface area contributed by atoms with Crippen molar-refractivity contribution < 1.29 is 9.90 Å². The number of rotatable bonds is 2. The summed E-state index contributed by atoms with van der Waals surface area (Å²) < 4.78 is 0. The molecule has 3 rings (SSSR count). The van der Waals surface area contributed by atoms with Crippen LogP contribution >= 0.6 is 12.6 Å². The molecule has 1 saturated heterocycles. The molecule has 98 valence electrons. The van der Waals surface area contributed by atoms with Crippen LogP contribution in [0.15, 0.2) is 36.4 Å². The molecule has 0 spiro atoms. The van der Waals surface area contributed by atoms with Crippen LogP contribution in [-0.2, 0) is 4.79 Å². The number of anilines is 1. The summed E-state index contributed by atoms with van der Waals surface area (Å²) in [6.07, 6.45) is 0.554. The van der Waals surface area contributed by atoms with Crippen molar-refractivity contribution in [3.8, 4) is 5.75 Å². The van der Waals surface area contributed by atoms with Gasteiger partial charge in [0.15, 0.2) is 0 Å². The van der Waals surface area contributed by atoms with Crippen LogP contribution in [0, 0.1) is 5.92 Å². The molecule has 1 fully saturated rings. The van der Waals surface area contributed by atoms with Crippen LogP contribution in [0.4, 0.5) is 5.69 Å². The van der Waals surface area contributed by atoms with Crippen LogP contribution < -0.4 is 4.90 Å². The van der Waals surface area contributed by atoms with Crippen LogP contribution in [0.5, 0.6) is 5.75 Å². The number of thiol groups is 1. The van der Waals surface area contributed by atoms with Crippen LogP contribution in [-0.4, -0.2) is 23.3 Å². The molecule has 0 saturated carbocycles. The number of hydrogen-bond donors (Lipinski definition) is 2. The Morgan fingerprint density at radius 3 is 2.89 bits per heavy atom. The third-order valence-electron chi connectivity index (χ3n) is 3.60. The molecule has 2 aromatic carbocycles. The second-order valence-corrected chi connectivity index (χ2v) is 5.30. The maximum atomic E-state index is 12.1. The van der Waals surface area contributed by atoms with Gasteiger partial charge in [0.05, 0.1) is 5.69 Å². The zero-order chi connectivity index (χ0) is 13.4. The first-order valence-electron chi connectivity index (χ1n) is 6.32. The number of fused-ring (bicyclic) bond motifs is 1. The van der Waals surface area contributed by atoms with E-state index in [1.165, 1.54) is 0 Å². The van der Waals surface area contributed by atoms with Crippen molar-refractivity contribution in [1.82, 2.24) is 0 Å². The predicted molar refractivity (Wildman–Crippen MR) is 79.9 cm³/mol. The lowest BCUT2D eigenvalue weighted by molar-refractivity contribution is -0.117. The van der Waals surface area contributed by atoms with Gasteiger partial charge in [0.2, 0.25) is 5.91 Å². The molecule has 19 heavy (non-hydrogen) atoms. The Morgan fingerprint density at radius 1 is 1.32 bits per heavy atom. The van der Waals surface area contributed by atoms with E-state index in [1.807, 2.05) is 29.2 Å². The third-order valence-corrected chi connectivity index (χ3v) is 4.11. The normalized spacial score (nSPS) is 19.3. The number of amides is 1. The average Bonchev–Trinajstić information content (AvgIpc) is 2.79. The van der Waals surface area contributed by atoms with Gasteiger partial charge in [-0.05, 0) is 35.3 Å². The van der Waals surface area contributed by atoms with Crippen molar-refractivity contribution in [1.29, 1.82) is 0 Å². The average molecular weight is 273 g/mol. The molecule has 1 aliphatic rings. The van der Waals surface area contributed by atoms with Crippen LogP contribution in [0.3, 0.4) is 0 Å². The zero-order valence-corrected chi connectivity index (χ0v) is 11.3. The minimum absolute atomic E-state index is 0.134. The molecule has 0 aromatic heterocycles. The number of nitrogens with zero attached hydrogens (tertiary/aromatic N) is 1. The van der Waals surface area contributed by atoms with Gasteiger partial charge in [0.25, 0.3) is 0 Å². The van der Waals surface area contributed by atoms with Crippen molar-refractivity contribution in [3.63, 3.8) is 0 Å². The standard InChI is InChI=1S/C15H15NO2S/c17-12-5-4-11-2-1-3-14(13(11)7-12)16-8-10(9-19)6-15(16)18/h1-5,7,10,17,19H,6,8-9H2. The van der Waals surface area contributed by atoms with Gasteiger partial charge in [-0.3, -0.25) is 4.79 Å². The van der Waals surface area contributed by atoms with E-state index in [0.717, 1.165) is 22.2 Å². The highest BCUT2D eigenvalue weighted by atomic mass is 32.1. The number of aromatic hydroxyl groups is 1. The molecular formula is C15H15NO2S. The maximum Gasteiger partial charge on any atom is 0.227 e. The summed E-state index contributed by atoms with van der Waals surface area (Å²) in [4.78, 5) is 13.9. The monoisotopic (exact) mass is 273 g/mol. The Morgan fingerprint density at radius 2 is 2.16 bits per heavy atom. The molecule has 1 amide bonds. The second kappa shape index (κ2) is 4.78. The van der Waals surface area contributed by atoms with Gasteiger partial charge in [-0.25, -0.2) is 0 Å². The van der Waals surface area contributed by atoms with Gasteiger partial charge in [-0.2, -0.15) is 12.6 Å². The number of phenolic OH excluding ortho intramolecular Hbond substituents is 1. The third kappa shape index (κ3) is 2.16. The summed E-state index contributed by atoms with van der Waals surface area (Å²) in [6.45, 7) is 0.705. The molecule has 4 heteroatoms. The Balaban J connectivity index is 2.10. The lowest BCUT2D eigenvalue weighted by atomic mass is 10.1. The molecule has 2 aromatic rings. The van der Waals surface area contributed by atoms with Crippen molar-refractivity contribution >= 4 is 35.0 Å². The Kier molecular flexibility index (Phi) is 3.11. The Labute approximate surface area is 117 Å². The number of benzene rings is 2. The maximum absolute atomic E-state index is 12.1. The highest BCUT2D eigenvalue weighted by Gasteiger charge is 2.30.